The Labute approximate surface area is 70.5 Å². The van der Waals surface area contributed by atoms with E-state index in [-0.39, 0.29) is 0 Å². The number of terminal acetylenes is 1. The molecule has 0 radical (unpaired) electrons. The number of rotatable bonds is 0. The number of ether oxygens (including phenoxy) is 1. The number of carbonyl (C=O) groups excluding carboxylic acids is 1. The number of carboxylic acid groups (broad SMARTS) is 1. The van der Waals surface area contributed by atoms with Crippen LogP contribution in [0.1, 0.15) is 6.92 Å². The standard InChI is InChI=1S/2C4H4O2/c1-3-4(5)6-2;1-2-3-4(5)6/h1H,2H3;1H3,(H,5,6). The van der Waals surface area contributed by atoms with Crippen molar-refractivity contribution in [3.05, 3.63) is 0 Å². The third-order valence-corrected chi connectivity index (χ3v) is 0.535. The van der Waals surface area contributed by atoms with Crippen molar-refractivity contribution in [1.82, 2.24) is 0 Å². The second-order valence-electron chi connectivity index (χ2n) is 1.32. The third-order valence-electron chi connectivity index (χ3n) is 0.535. The average Bonchev–Trinajstić information content (AvgIpc) is 2.04. The van der Waals surface area contributed by atoms with E-state index >= 15 is 0 Å². The van der Waals surface area contributed by atoms with E-state index in [0.29, 0.717) is 0 Å². The molecule has 0 aliphatic carbocycles. The Morgan fingerprint density at radius 2 is 2.00 bits per heavy atom. The van der Waals surface area contributed by atoms with E-state index in [1.807, 2.05) is 5.92 Å². The molecule has 0 aliphatic heterocycles. The molecular weight excluding hydrogens is 160 g/mol. The van der Waals surface area contributed by atoms with E-state index in [4.69, 9.17) is 5.11 Å². The molecule has 0 amide bonds. The van der Waals surface area contributed by atoms with Gasteiger partial charge in [-0.2, -0.15) is 0 Å². The summed E-state index contributed by atoms with van der Waals surface area (Å²) in [6.45, 7) is 1.48. The molecular formula is C8H8O4. The molecule has 0 rings (SSSR count). The van der Waals surface area contributed by atoms with Crippen LogP contribution in [0.25, 0.3) is 0 Å². The summed E-state index contributed by atoms with van der Waals surface area (Å²) in [6.07, 6.45) is 4.56. The second-order valence-corrected chi connectivity index (χ2v) is 1.32. The van der Waals surface area contributed by atoms with Crippen LogP contribution in [-0.4, -0.2) is 24.2 Å². The van der Waals surface area contributed by atoms with Crippen molar-refractivity contribution in [1.29, 1.82) is 0 Å². The van der Waals surface area contributed by atoms with Crippen molar-refractivity contribution < 1.29 is 19.4 Å². The van der Waals surface area contributed by atoms with Crippen molar-refractivity contribution >= 4 is 11.9 Å². The lowest BCUT2D eigenvalue weighted by atomic mass is 10.6. The van der Waals surface area contributed by atoms with Crippen LogP contribution in [0.5, 0.6) is 0 Å². The minimum Gasteiger partial charge on any atom is -0.472 e. The molecule has 12 heavy (non-hydrogen) atoms. The molecule has 0 saturated heterocycles. The van der Waals surface area contributed by atoms with E-state index in [2.05, 4.69) is 17.1 Å². The van der Waals surface area contributed by atoms with Gasteiger partial charge in [-0.3, -0.25) is 0 Å². The molecule has 0 fully saturated rings. The molecule has 0 bridgehead atoms. The molecule has 0 aromatic carbocycles. The summed E-state index contributed by atoms with van der Waals surface area (Å²) in [6, 6.07) is 0. The molecule has 64 valence electrons. The number of methoxy groups -OCH3 is 1. The number of aliphatic carboxylic acids is 1. The lowest BCUT2D eigenvalue weighted by Gasteiger charge is -1.80. The van der Waals surface area contributed by atoms with Crippen LogP contribution < -0.4 is 0 Å². The van der Waals surface area contributed by atoms with Gasteiger partial charge in [-0.1, -0.05) is 5.92 Å². The largest absolute Gasteiger partial charge is 0.472 e. The fourth-order valence-corrected chi connectivity index (χ4v) is 0.166. The molecule has 0 aromatic heterocycles. The highest BCUT2D eigenvalue weighted by molar-refractivity contribution is 5.87. The maximum absolute atomic E-state index is 9.72. The van der Waals surface area contributed by atoms with Crippen molar-refractivity contribution in [2.24, 2.45) is 0 Å². The Hall–Kier alpha value is -1.94. The SMILES string of the molecule is C#CC(=O)OC.CC#CC(=O)O. The highest BCUT2D eigenvalue weighted by atomic mass is 16.5. The number of carboxylic acids is 1. The smallest absolute Gasteiger partial charge is 0.383 e. The molecule has 0 saturated carbocycles. The zero-order valence-electron chi connectivity index (χ0n) is 6.75. The van der Waals surface area contributed by atoms with E-state index < -0.39 is 11.9 Å². The van der Waals surface area contributed by atoms with Gasteiger partial charge in [0.25, 0.3) is 0 Å². The molecule has 1 N–H and O–H groups in total. The van der Waals surface area contributed by atoms with E-state index in [9.17, 15) is 9.59 Å². The van der Waals surface area contributed by atoms with E-state index in [0.717, 1.165) is 0 Å². The number of hydrogen-bond acceptors (Lipinski definition) is 3. The Balaban J connectivity index is 0. The molecule has 0 spiro atoms. The predicted molar refractivity (Wildman–Crippen MR) is 41.9 cm³/mol. The Morgan fingerprint density at radius 3 is 2.00 bits per heavy atom. The van der Waals surface area contributed by atoms with Crippen molar-refractivity contribution in [3.63, 3.8) is 0 Å². The fourth-order valence-electron chi connectivity index (χ4n) is 0.166. The first-order valence-corrected chi connectivity index (χ1v) is 2.78. The summed E-state index contributed by atoms with van der Waals surface area (Å²) in [7, 11) is 1.24. The first kappa shape index (κ1) is 12.7. The van der Waals surface area contributed by atoms with Crippen molar-refractivity contribution in [2.45, 2.75) is 6.92 Å². The van der Waals surface area contributed by atoms with Crippen molar-refractivity contribution in [2.75, 3.05) is 7.11 Å². The number of hydrogen-bond donors (Lipinski definition) is 1. The van der Waals surface area contributed by atoms with Gasteiger partial charge >= 0.3 is 11.9 Å². The van der Waals surface area contributed by atoms with Gasteiger partial charge in [0.05, 0.1) is 7.11 Å². The molecule has 0 heterocycles. The van der Waals surface area contributed by atoms with Gasteiger partial charge in [0.2, 0.25) is 0 Å². The number of carbonyl (C=O) groups is 2. The van der Waals surface area contributed by atoms with Gasteiger partial charge in [0.15, 0.2) is 0 Å². The molecule has 0 unspecified atom stereocenters. The Morgan fingerprint density at radius 1 is 1.50 bits per heavy atom. The fraction of sp³-hybridized carbons (Fsp3) is 0.250. The Kier molecular flexibility index (Phi) is 9.60. The van der Waals surface area contributed by atoms with Gasteiger partial charge < -0.3 is 9.84 Å². The molecule has 0 aliphatic rings. The summed E-state index contributed by atoms with van der Waals surface area (Å²) in [5.74, 6) is 4.14. The molecule has 0 aromatic rings. The van der Waals surface area contributed by atoms with Gasteiger partial charge in [0.1, 0.15) is 0 Å². The van der Waals surface area contributed by atoms with Crippen LogP contribution in [0, 0.1) is 24.2 Å². The van der Waals surface area contributed by atoms with Gasteiger partial charge in [-0.15, -0.1) is 6.42 Å². The molecule has 4 nitrogen and oxygen atoms in total. The lowest BCUT2D eigenvalue weighted by Crippen LogP contribution is -1.92. The summed E-state index contributed by atoms with van der Waals surface area (Å²) < 4.78 is 4.02. The third kappa shape index (κ3) is 15.7. The first-order valence-electron chi connectivity index (χ1n) is 2.78. The molecule has 4 heteroatoms. The van der Waals surface area contributed by atoms with E-state index in [1.54, 1.807) is 5.92 Å². The number of esters is 1. The van der Waals surface area contributed by atoms with Crippen LogP contribution in [0.4, 0.5) is 0 Å². The normalized spacial score (nSPS) is 5.75. The van der Waals surface area contributed by atoms with Crippen LogP contribution in [0.2, 0.25) is 0 Å². The van der Waals surface area contributed by atoms with Crippen LogP contribution in [-0.2, 0) is 14.3 Å². The summed E-state index contributed by atoms with van der Waals surface area (Å²) >= 11 is 0. The topological polar surface area (TPSA) is 63.6 Å². The predicted octanol–water partition coefficient (Wildman–Crippen LogP) is -0.113. The zero-order valence-corrected chi connectivity index (χ0v) is 6.75. The molecule has 0 atom stereocenters. The Bertz CT molecular complexity index is 248. The maximum Gasteiger partial charge on any atom is 0.383 e. The van der Waals surface area contributed by atoms with Gasteiger partial charge in [-0.25, -0.2) is 9.59 Å². The van der Waals surface area contributed by atoms with Crippen molar-refractivity contribution in [3.8, 4) is 24.2 Å². The van der Waals surface area contributed by atoms with Crippen LogP contribution >= 0.6 is 0 Å². The maximum atomic E-state index is 9.72. The van der Waals surface area contributed by atoms with Crippen LogP contribution in [0.3, 0.4) is 0 Å². The minimum absolute atomic E-state index is 0.630. The zero-order chi connectivity index (χ0) is 9.98. The first-order chi connectivity index (χ1) is 5.58. The monoisotopic (exact) mass is 168 g/mol. The minimum atomic E-state index is -1.07. The summed E-state index contributed by atoms with van der Waals surface area (Å²) in [5.41, 5.74) is 0. The highest BCUT2D eigenvalue weighted by Gasteiger charge is 1.82. The average molecular weight is 168 g/mol. The summed E-state index contributed by atoms with van der Waals surface area (Å²) in [5, 5.41) is 7.74. The summed E-state index contributed by atoms with van der Waals surface area (Å²) in [4.78, 5) is 19.1. The van der Waals surface area contributed by atoms with Gasteiger partial charge in [0, 0.05) is 11.8 Å². The lowest BCUT2D eigenvalue weighted by molar-refractivity contribution is -0.134. The second kappa shape index (κ2) is 9.06. The highest BCUT2D eigenvalue weighted by Crippen LogP contribution is 1.61. The van der Waals surface area contributed by atoms with Gasteiger partial charge in [-0.05, 0) is 6.92 Å². The van der Waals surface area contributed by atoms with Crippen LogP contribution in [0.15, 0.2) is 0 Å². The quantitative estimate of drug-likeness (QED) is 0.311. The van der Waals surface area contributed by atoms with E-state index in [1.165, 1.54) is 14.0 Å².